The van der Waals surface area contributed by atoms with Gasteiger partial charge in [0.25, 0.3) is 0 Å². The molecule has 1 aliphatic heterocycles. The molecule has 186 valence electrons. The highest BCUT2D eigenvalue weighted by atomic mass is 35.5. The number of aliphatic hydroxyl groups excluding tert-OH is 1. The van der Waals surface area contributed by atoms with Crippen molar-refractivity contribution >= 4 is 45.8 Å². The predicted molar refractivity (Wildman–Crippen MR) is 140 cm³/mol. The van der Waals surface area contributed by atoms with Crippen LogP contribution in [0, 0.1) is 13.8 Å². The summed E-state index contributed by atoms with van der Waals surface area (Å²) < 4.78 is 7.62. The van der Waals surface area contributed by atoms with Crippen LogP contribution in [-0.4, -0.2) is 31.8 Å². The van der Waals surface area contributed by atoms with Crippen LogP contribution < -0.4 is 4.90 Å². The molecule has 36 heavy (non-hydrogen) atoms. The lowest BCUT2D eigenvalue weighted by Gasteiger charge is -2.39. The fourth-order valence-electron chi connectivity index (χ4n) is 5.63. The van der Waals surface area contributed by atoms with E-state index in [1.807, 2.05) is 24.8 Å². The molecule has 0 radical (unpaired) electrons. The molecular formula is C27H26Cl2N4O3. The summed E-state index contributed by atoms with van der Waals surface area (Å²) in [7, 11) is 0. The summed E-state index contributed by atoms with van der Waals surface area (Å²) in [5, 5.41) is 15.1. The van der Waals surface area contributed by atoms with E-state index in [-0.39, 0.29) is 24.1 Å². The van der Waals surface area contributed by atoms with Gasteiger partial charge in [0.1, 0.15) is 11.6 Å². The molecular weight excluding hydrogens is 499 g/mol. The average molecular weight is 525 g/mol. The maximum atomic E-state index is 13.2. The highest BCUT2D eigenvalue weighted by molar-refractivity contribution is 6.42. The van der Waals surface area contributed by atoms with Crippen molar-refractivity contribution in [2.45, 2.75) is 64.1 Å². The van der Waals surface area contributed by atoms with Crippen LogP contribution in [0.5, 0.6) is 0 Å². The zero-order valence-electron chi connectivity index (χ0n) is 20.0. The molecule has 9 heteroatoms. The number of nitrogens with zero attached hydrogens (tertiary/aromatic N) is 4. The van der Waals surface area contributed by atoms with Gasteiger partial charge >= 0.3 is 0 Å². The Morgan fingerprint density at radius 2 is 1.89 bits per heavy atom. The first-order valence-electron chi connectivity index (χ1n) is 12.2. The van der Waals surface area contributed by atoms with Gasteiger partial charge < -0.3 is 19.1 Å². The molecule has 2 aromatic carbocycles. The Kier molecular flexibility index (Phi) is 5.82. The number of carbonyl (C=O) groups excluding carboxylic acids is 1. The second kappa shape index (κ2) is 8.91. The zero-order valence-corrected chi connectivity index (χ0v) is 21.6. The summed E-state index contributed by atoms with van der Waals surface area (Å²) in [4.78, 5) is 20.2. The number of aryl methyl sites for hydroxylation is 2. The molecule has 2 aromatic heterocycles. The maximum absolute atomic E-state index is 13.2. The molecule has 1 unspecified atom stereocenters. The third-order valence-corrected chi connectivity index (χ3v) is 8.16. The highest BCUT2D eigenvalue weighted by Gasteiger charge is 2.38. The van der Waals surface area contributed by atoms with Crippen LogP contribution in [0.25, 0.3) is 22.2 Å². The van der Waals surface area contributed by atoms with Gasteiger partial charge in [0, 0.05) is 23.7 Å². The van der Waals surface area contributed by atoms with Crippen molar-refractivity contribution in [1.29, 1.82) is 0 Å². The summed E-state index contributed by atoms with van der Waals surface area (Å²) in [6.45, 7) is 3.83. The topological polar surface area (TPSA) is 84.4 Å². The van der Waals surface area contributed by atoms with Gasteiger partial charge in [0.2, 0.25) is 5.91 Å². The number of aliphatic hydroxyl groups is 1. The number of hydrogen-bond donors (Lipinski definition) is 1. The van der Waals surface area contributed by atoms with Crippen molar-refractivity contribution in [3.05, 3.63) is 63.7 Å². The number of piperidine rings is 1. The molecule has 0 spiro atoms. The molecule has 1 N–H and O–H groups in total. The molecule has 4 aromatic rings. The summed E-state index contributed by atoms with van der Waals surface area (Å²) in [6.07, 6.45) is 3.04. The van der Waals surface area contributed by atoms with Crippen molar-refractivity contribution in [1.82, 2.24) is 14.7 Å². The minimum Gasteiger partial charge on any atom is -0.393 e. The molecule has 0 bridgehead atoms. The van der Waals surface area contributed by atoms with Gasteiger partial charge in [-0.3, -0.25) is 4.79 Å². The van der Waals surface area contributed by atoms with Crippen LogP contribution in [0.4, 0.5) is 5.69 Å². The van der Waals surface area contributed by atoms with Crippen LogP contribution in [0.1, 0.15) is 61.5 Å². The SMILES string of the molecule is Cc1noc(C)c1-c1ccc2c(c1)nc(C1CCCC(=O)N1c1ccc(Cl)c(Cl)c1)n2C1CC(O)C1. The summed E-state index contributed by atoms with van der Waals surface area (Å²) in [5.74, 6) is 1.63. The van der Waals surface area contributed by atoms with E-state index in [2.05, 4.69) is 27.9 Å². The second-order valence-corrected chi connectivity index (χ2v) is 10.6. The molecule has 2 fully saturated rings. The summed E-state index contributed by atoms with van der Waals surface area (Å²) >= 11 is 12.5. The molecule has 2 aliphatic rings. The van der Waals surface area contributed by atoms with Crippen molar-refractivity contribution in [3.63, 3.8) is 0 Å². The Bertz CT molecular complexity index is 1470. The molecule has 1 aliphatic carbocycles. The predicted octanol–water partition coefficient (Wildman–Crippen LogP) is 6.57. The van der Waals surface area contributed by atoms with E-state index in [0.717, 1.165) is 52.3 Å². The standard InChI is InChI=1S/C27H26Cl2N4O3/c1-14-26(15(2)36-31-14)16-6-9-23-22(10-16)30-27(33(23)18-11-19(34)12-18)24-4-3-5-25(35)32(24)17-7-8-20(28)21(29)13-17/h6-10,13,18-19,24,34H,3-5,11-12H2,1-2H3. The molecule has 1 saturated carbocycles. The van der Waals surface area contributed by atoms with E-state index in [1.54, 1.807) is 12.1 Å². The van der Waals surface area contributed by atoms with Crippen LogP contribution in [0.2, 0.25) is 10.0 Å². The molecule has 1 saturated heterocycles. The lowest BCUT2D eigenvalue weighted by molar-refractivity contribution is -0.120. The van der Waals surface area contributed by atoms with E-state index in [9.17, 15) is 9.90 Å². The monoisotopic (exact) mass is 524 g/mol. The van der Waals surface area contributed by atoms with Gasteiger partial charge in [-0.25, -0.2) is 4.98 Å². The fraction of sp³-hybridized carbons (Fsp3) is 0.370. The van der Waals surface area contributed by atoms with Crippen molar-refractivity contribution in [3.8, 4) is 11.1 Å². The van der Waals surface area contributed by atoms with E-state index in [4.69, 9.17) is 32.7 Å². The lowest BCUT2D eigenvalue weighted by atomic mass is 9.88. The van der Waals surface area contributed by atoms with Gasteiger partial charge in [-0.2, -0.15) is 0 Å². The minimum absolute atomic E-state index is 0.0355. The number of carbonyl (C=O) groups is 1. The fourth-order valence-corrected chi connectivity index (χ4v) is 5.92. The van der Waals surface area contributed by atoms with Gasteiger partial charge in [0.15, 0.2) is 0 Å². The van der Waals surface area contributed by atoms with Crippen LogP contribution in [0.15, 0.2) is 40.9 Å². The van der Waals surface area contributed by atoms with Gasteiger partial charge in [0.05, 0.1) is 38.9 Å². The summed E-state index contributed by atoms with van der Waals surface area (Å²) in [6, 6.07) is 11.4. The van der Waals surface area contributed by atoms with E-state index < -0.39 is 0 Å². The normalized spacial score (nSPS) is 22.3. The number of aromatic nitrogens is 3. The number of hydrogen-bond acceptors (Lipinski definition) is 5. The zero-order chi connectivity index (χ0) is 25.1. The molecule has 6 rings (SSSR count). The number of halogens is 2. The number of anilines is 1. The Morgan fingerprint density at radius 1 is 1.08 bits per heavy atom. The Hall–Kier alpha value is -2.87. The van der Waals surface area contributed by atoms with E-state index >= 15 is 0 Å². The lowest BCUT2D eigenvalue weighted by Crippen LogP contribution is -2.41. The Balaban J connectivity index is 1.51. The minimum atomic E-state index is -0.318. The highest BCUT2D eigenvalue weighted by Crippen LogP contribution is 2.43. The molecule has 3 heterocycles. The van der Waals surface area contributed by atoms with E-state index in [1.165, 1.54) is 0 Å². The van der Waals surface area contributed by atoms with Crippen LogP contribution in [0.3, 0.4) is 0 Å². The third kappa shape index (κ3) is 3.81. The summed E-state index contributed by atoms with van der Waals surface area (Å²) in [5.41, 5.74) is 5.34. The Labute approximate surface area is 218 Å². The number of benzene rings is 2. The van der Waals surface area contributed by atoms with Crippen molar-refractivity contribution in [2.75, 3.05) is 4.90 Å². The van der Waals surface area contributed by atoms with Crippen molar-refractivity contribution in [2.24, 2.45) is 0 Å². The first-order chi connectivity index (χ1) is 17.3. The largest absolute Gasteiger partial charge is 0.393 e. The smallest absolute Gasteiger partial charge is 0.227 e. The first-order valence-corrected chi connectivity index (χ1v) is 13.0. The van der Waals surface area contributed by atoms with Crippen molar-refractivity contribution < 1.29 is 14.4 Å². The Morgan fingerprint density at radius 3 is 2.58 bits per heavy atom. The maximum Gasteiger partial charge on any atom is 0.227 e. The van der Waals surface area contributed by atoms with Crippen LogP contribution >= 0.6 is 23.2 Å². The first kappa shape index (κ1) is 23.5. The quantitative estimate of drug-likeness (QED) is 0.326. The number of imidazole rings is 1. The van der Waals surface area contributed by atoms with Gasteiger partial charge in [-0.15, -0.1) is 0 Å². The molecule has 1 atom stereocenters. The van der Waals surface area contributed by atoms with E-state index in [0.29, 0.717) is 35.0 Å². The average Bonchev–Trinajstić information content (AvgIpc) is 3.37. The molecule has 7 nitrogen and oxygen atoms in total. The number of rotatable bonds is 4. The third-order valence-electron chi connectivity index (χ3n) is 7.42. The number of amides is 1. The second-order valence-electron chi connectivity index (χ2n) is 9.79. The number of fused-ring (bicyclic) bond motifs is 1. The van der Waals surface area contributed by atoms with Gasteiger partial charge in [-0.05, 0) is 75.4 Å². The van der Waals surface area contributed by atoms with Crippen LogP contribution in [-0.2, 0) is 4.79 Å². The van der Waals surface area contributed by atoms with Gasteiger partial charge in [-0.1, -0.05) is 34.4 Å². The molecule has 1 amide bonds.